The molecule has 4 aromatic rings. The molecule has 0 fully saturated rings. The van der Waals surface area contributed by atoms with E-state index >= 15 is 0 Å². The molecule has 1 amide bonds. The molecule has 25 heavy (non-hydrogen) atoms. The van der Waals surface area contributed by atoms with E-state index in [1.54, 1.807) is 17.4 Å². The number of hydrogen-bond donors (Lipinski definition) is 1. The molecule has 1 N–H and O–H groups in total. The molecule has 0 saturated carbocycles. The number of rotatable bonds is 4. The summed E-state index contributed by atoms with van der Waals surface area (Å²) in [4.78, 5) is 21.3. The van der Waals surface area contributed by atoms with Crippen LogP contribution in [-0.4, -0.2) is 15.9 Å². The van der Waals surface area contributed by atoms with Crippen LogP contribution in [0.5, 0.6) is 0 Å². The monoisotopic (exact) mass is 345 g/mol. The molecule has 0 aliphatic carbocycles. The van der Waals surface area contributed by atoms with Gasteiger partial charge in [-0.3, -0.25) is 4.79 Å². The summed E-state index contributed by atoms with van der Waals surface area (Å²) < 4.78 is 0. The first kappa shape index (κ1) is 15.5. The summed E-state index contributed by atoms with van der Waals surface area (Å²) in [5.74, 6) is -0.194. The number of hydrogen-bond acceptors (Lipinski definition) is 4. The number of carbonyl (C=O) groups excluding carboxylic acids is 1. The van der Waals surface area contributed by atoms with Crippen LogP contribution in [0.1, 0.15) is 16.2 Å². The Hall–Kier alpha value is -3.05. The Bertz CT molecular complexity index is 1030. The van der Waals surface area contributed by atoms with Gasteiger partial charge in [-0.2, -0.15) is 0 Å². The average Bonchev–Trinajstić information content (AvgIpc) is 3.15. The van der Waals surface area contributed by atoms with E-state index in [2.05, 4.69) is 15.3 Å². The summed E-state index contributed by atoms with van der Waals surface area (Å²) in [5, 5.41) is 6.83. The van der Waals surface area contributed by atoms with Gasteiger partial charge < -0.3 is 5.32 Å². The fourth-order valence-corrected chi connectivity index (χ4v) is 3.38. The van der Waals surface area contributed by atoms with Crippen LogP contribution in [0.2, 0.25) is 0 Å². The zero-order valence-corrected chi connectivity index (χ0v) is 14.2. The molecule has 0 atom stereocenters. The third-order valence-electron chi connectivity index (χ3n) is 3.83. The number of para-hydroxylation sites is 1. The maximum absolute atomic E-state index is 12.3. The van der Waals surface area contributed by atoms with Gasteiger partial charge in [-0.05, 0) is 12.1 Å². The quantitative estimate of drug-likeness (QED) is 0.600. The van der Waals surface area contributed by atoms with E-state index < -0.39 is 0 Å². The highest BCUT2D eigenvalue weighted by atomic mass is 32.1. The van der Waals surface area contributed by atoms with Crippen LogP contribution in [0.25, 0.3) is 21.5 Å². The fraction of sp³-hybridized carbons (Fsp3) is 0.0500. The van der Waals surface area contributed by atoms with E-state index in [1.807, 2.05) is 66.0 Å². The summed E-state index contributed by atoms with van der Waals surface area (Å²) in [6.45, 7) is 0.386. The third kappa shape index (κ3) is 3.41. The van der Waals surface area contributed by atoms with Crippen LogP contribution < -0.4 is 5.32 Å². The third-order valence-corrected chi connectivity index (χ3v) is 4.77. The van der Waals surface area contributed by atoms with Gasteiger partial charge in [0.05, 0.1) is 17.8 Å². The second-order valence-corrected chi connectivity index (χ2v) is 6.44. The van der Waals surface area contributed by atoms with Gasteiger partial charge in [0.1, 0.15) is 10.7 Å². The minimum Gasteiger partial charge on any atom is -0.345 e. The first-order valence-electron chi connectivity index (χ1n) is 7.93. The molecular formula is C20H15N3OS. The Morgan fingerprint density at radius 3 is 2.60 bits per heavy atom. The molecule has 0 aliphatic heterocycles. The lowest BCUT2D eigenvalue weighted by Gasteiger charge is -2.04. The highest BCUT2D eigenvalue weighted by Gasteiger charge is 2.10. The predicted molar refractivity (Wildman–Crippen MR) is 100 cm³/mol. The number of nitrogens with zero attached hydrogens (tertiary/aromatic N) is 2. The van der Waals surface area contributed by atoms with Crippen molar-refractivity contribution < 1.29 is 4.79 Å². The van der Waals surface area contributed by atoms with Crippen molar-refractivity contribution in [1.82, 2.24) is 15.3 Å². The van der Waals surface area contributed by atoms with Crippen LogP contribution in [0.4, 0.5) is 0 Å². The smallest absolute Gasteiger partial charge is 0.270 e. The Morgan fingerprint density at radius 1 is 0.920 bits per heavy atom. The molecule has 4 nitrogen and oxygen atoms in total. The number of nitrogens with one attached hydrogen (secondary N) is 1. The molecule has 0 radical (unpaired) electrons. The SMILES string of the molecule is O=C(NCc1csc(-c2ccccc2)n1)c1ccc2ccccc2n1. The number of aromatic nitrogens is 2. The minimum absolute atomic E-state index is 0.194. The number of amides is 1. The van der Waals surface area contributed by atoms with Gasteiger partial charge in [-0.25, -0.2) is 9.97 Å². The number of carbonyl (C=O) groups is 1. The van der Waals surface area contributed by atoms with Gasteiger partial charge in [-0.1, -0.05) is 54.6 Å². The first-order chi connectivity index (χ1) is 12.3. The summed E-state index contributed by atoms with van der Waals surface area (Å²) in [6, 6.07) is 21.4. The average molecular weight is 345 g/mol. The lowest BCUT2D eigenvalue weighted by molar-refractivity contribution is 0.0946. The molecule has 5 heteroatoms. The Morgan fingerprint density at radius 2 is 1.72 bits per heavy atom. The predicted octanol–water partition coefficient (Wildman–Crippen LogP) is 4.29. The number of pyridine rings is 1. The summed E-state index contributed by atoms with van der Waals surface area (Å²) in [7, 11) is 0. The topological polar surface area (TPSA) is 54.9 Å². The normalized spacial score (nSPS) is 10.7. The molecule has 0 bridgehead atoms. The van der Waals surface area contributed by atoms with Crippen molar-refractivity contribution in [1.29, 1.82) is 0 Å². The van der Waals surface area contributed by atoms with E-state index in [0.29, 0.717) is 12.2 Å². The number of fused-ring (bicyclic) bond motifs is 1. The zero-order chi connectivity index (χ0) is 17.1. The molecule has 0 unspecified atom stereocenters. The van der Waals surface area contributed by atoms with Crippen molar-refractivity contribution in [2.45, 2.75) is 6.54 Å². The second kappa shape index (κ2) is 6.83. The van der Waals surface area contributed by atoms with Crippen LogP contribution in [0.3, 0.4) is 0 Å². The lowest BCUT2D eigenvalue weighted by atomic mass is 10.2. The maximum atomic E-state index is 12.3. The lowest BCUT2D eigenvalue weighted by Crippen LogP contribution is -2.23. The van der Waals surface area contributed by atoms with Gasteiger partial charge in [0.15, 0.2) is 0 Å². The van der Waals surface area contributed by atoms with Crippen LogP contribution in [0.15, 0.2) is 72.1 Å². The van der Waals surface area contributed by atoms with E-state index in [9.17, 15) is 4.79 Å². The van der Waals surface area contributed by atoms with Crippen molar-refractivity contribution in [3.8, 4) is 10.6 Å². The Kier molecular flexibility index (Phi) is 4.23. The molecule has 122 valence electrons. The standard InChI is InChI=1S/C20H15N3OS/c24-19(18-11-10-14-6-4-5-9-17(14)23-18)21-12-16-13-25-20(22-16)15-7-2-1-3-8-15/h1-11,13H,12H2,(H,21,24). The maximum Gasteiger partial charge on any atom is 0.270 e. The van der Waals surface area contributed by atoms with E-state index in [1.165, 1.54) is 0 Å². The summed E-state index contributed by atoms with van der Waals surface area (Å²) >= 11 is 1.57. The van der Waals surface area contributed by atoms with Crippen LogP contribution in [-0.2, 0) is 6.54 Å². The van der Waals surface area contributed by atoms with Crippen molar-refractivity contribution in [3.05, 3.63) is 83.5 Å². The van der Waals surface area contributed by atoms with Gasteiger partial charge in [0.25, 0.3) is 5.91 Å². The molecule has 0 spiro atoms. The second-order valence-electron chi connectivity index (χ2n) is 5.58. The van der Waals surface area contributed by atoms with Crippen molar-refractivity contribution in [3.63, 3.8) is 0 Å². The van der Waals surface area contributed by atoms with Gasteiger partial charge in [0.2, 0.25) is 0 Å². The summed E-state index contributed by atoms with van der Waals surface area (Å²) in [6.07, 6.45) is 0. The number of benzene rings is 2. The summed E-state index contributed by atoms with van der Waals surface area (Å²) in [5.41, 5.74) is 3.16. The highest BCUT2D eigenvalue weighted by Crippen LogP contribution is 2.23. The molecule has 4 rings (SSSR count). The Labute approximate surface area is 149 Å². The highest BCUT2D eigenvalue weighted by molar-refractivity contribution is 7.13. The van der Waals surface area contributed by atoms with Gasteiger partial charge in [0, 0.05) is 16.3 Å². The Balaban J connectivity index is 1.45. The molecule has 2 aromatic carbocycles. The van der Waals surface area contributed by atoms with Crippen molar-refractivity contribution >= 4 is 28.1 Å². The van der Waals surface area contributed by atoms with E-state index in [4.69, 9.17) is 0 Å². The largest absolute Gasteiger partial charge is 0.345 e. The van der Waals surface area contributed by atoms with Gasteiger partial charge >= 0.3 is 0 Å². The molecule has 2 heterocycles. The minimum atomic E-state index is -0.194. The fourth-order valence-electron chi connectivity index (χ4n) is 2.56. The molecule has 0 aliphatic rings. The van der Waals surface area contributed by atoms with E-state index in [0.717, 1.165) is 27.2 Å². The van der Waals surface area contributed by atoms with Gasteiger partial charge in [-0.15, -0.1) is 11.3 Å². The zero-order valence-electron chi connectivity index (χ0n) is 13.3. The first-order valence-corrected chi connectivity index (χ1v) is 8.81. The van der Waals surface area contributed by atoms with Crippen LogP contribution >= 0.6 is 11.3 Å². The van der Waals surface area contributed by atoms with Crippen LogP contribution in [0, 0.1) is 0 Å². The number of thiazole rings is 1. The molecule has 2 aromatic heterocycles. The molecule has 0 saturated heterocycles. The van der Waals surface area contributed by atoms with Crippen molar-refractivity contribution in [2.75, 3.05) is 0 Å². The van der Waals surface area contributed by atoms with E-state index in [-0.39, 0.29) is 5.91 Å². The molecular weight excluding hydrogens is 330 g/mol. The van der Waals surface area contributed by atoms with Crippen molar-refractivity contribution in [2.24, 2.45) is 0 Å².